The minimum atomic E-state index is -0.410. The molecule has 0 fully saturated rings. The third kappa shape index (κ3) is 4.25. The van der Waals surface area contributed by atoms with Gasteiger partial charge in [0.15, 0.2) is 0 Å². The van der Waals surface area contributed by atoms with Gasteiger partial charge in [0.2, 0.25) is 5.91 Å². The minimum absolute atomic E-state index is 0.187. The molecule has 0 saturated carbocycles. The Labute approximate surface area is 144 Å². The molecule has 0 spiro atoms. The number of anilines is 1. The van der Waals surface area contributed by atoms with Crippen molar-refractivity contribution >= 4 is 35.0 Å². The van der Waals surface area contributed by atoms with E-state index in [9.17, 15) is 10.1 Å². The Balaban J connectivity index is 2.16. The highest BCUT2D eigenvalue weighted by Crippen LogP contribution is 2.28. The maximum absolute atomic E-state index is 12.3. The predicted molar refractivity (Wildman–Crippen MR) is 93.8 cm³/mol. The summed E-state index contributed by atoms with van der Waals surface area (Å²) in [5.74, 6) is -0.187. The molecule has 0 aliphatic rings. The molecule has 0 radical (unpaired) electrons. The number of benzene rings is 1. The Bertz CT molecular complexity index is 786. The van der Waals surface area contributed by atoms with Gasteiger partial charge in [-0.25, -0.2) is 4.98 Å². The van der Waals surface area contributed by atoms with Crippen LogP contribution in [0.2, 0.25) is 5.02 Å². The van der Waals surface area contributed by atoms with Crippen LogP contribution in [0, 0.1) is 25.2 Å². The lowest BCUT2D eigenvalue weighted by atomic mass is 10.1. The van der Waals surface area contributed by atoms with Gasteiger partial charge < -0.3 is 5.32 Å². The number of hydrogen-bond donors (Lipinski definition) is 1. The summed E-state index contributed by atoms with van der Waals surface area (Å²) in [6, 6.07) is 11.1. The van der Waals surface area contributed by atoms with E-state index in [1.165, 1.54) is 11.8 Å². The summed E-state index contributed by atoms with van der Waals surface area (Å²) in [5.41, 5.74) is 2.77. The van der Waals surface area contributed by atoms with Crippen LogP contribution in [-0.4, -0.2) is 16.1 Å². The van der Waals surface area contributed by atoms with E-state index in [0.717, 1.165) is 11.3 Å². The number of aryl methyl sites for hydroxylation is 2. The second kappa shape index (κ2) is 7.49. The summed E-state index contributed by atoms with van der Waals surface area (Å²) < 4.78 is 0. The second-order valence-electron chi connectivity index (χ2n) is 5.10. The number of nitriles is 1. The summed E-state index contributed by atoms with van der Waals surface area (Å²) in [6.45, 7) is 5.51. The summed E-state index contributed by atoms with van der Waals surface area (Å²) in [5, 5.41) is 12.7. The Kier molecular flexibility index (Phi) is 5.64. The van der Waals surface area contributed by atoms with Gasteiger partial charge in [0.25, 0.3) is 0 Å². The van der Waals surface area contributed by atoms with Crippen LogP contribution in [0.1, 0.15) is 23.7 Å². The molecule has 1 amide bonds. The van der Waals surface area contributed by atoms with Crippen molar-refractivity contribution < 1.29 is 4.79 Å². The lowest BCUT2D eigenvalue weighted by Crippen LogP contribution is -2.22. The third-order valence-corrected chi connectivity index (χ3v) is 4.63. The lowest BCUT2D eigenvalue weighted by molar-refractivity contribution is -0.115. The van der Waals surface area contributed by atoms with E-state index >= 15 is 0 Å². The number of para-hydroxylation sites is 1. The van der Waals surface area contributed by atoms with Crippen molar-refractivity contribution in [1.29, 1.82) is 5.26 Å². The van der Waals surface area contributed by atoms with Crippen molar-refractivity contribution in [3.63, 3.8) is 0 Å². The predicted octanol–water partition coefficient (Wildman–Crippen LogP) is 4.34. The number of hydrogen-bond acceptors (Lipinski definition) is 4. The lowest BCUT2D eigenvalue weighted by Gasteiger charge is -2.14. The van der Waals surface area contributed by atoms with E-state index in [-0.39, 0.29) is 5.91 Å². The van der Waals surface area contributed by atoms with Gasteiger partial charge in [0, 0.05) is 5.69 Å². The van der Waals surface area contributed by atoms with Crippen LogP contribution in [0.25, 0.3) is 0 Å². The Morgan fingerprint density at radius 3 is 2.74 bits per heavy atom. The Morgan fingerprint density at radius 2 is 2.09 bits per heavy atom. The number of halogens is 1. The van der Waals surface area contributed by atoms with Crippen LogP contribution < -0.4 is 5.32 Å². The average Bonchev–Trinajstić information content (AvgIpc) is 2.49. The number of pyridine rings is 1. The van der Waals surface area contributed by atoms with Gasteiger partial charge in [-0.1, -0.05) is 35.5 Å². The van der Waals surface area contributed by atoms with Crippen LogP contribution in [0.5, 0.6) is 0 Å². The van der Waals surface area contributed by atoms with Crippen molar-refractivity contribution in [3.05, 3.63) is 52.2 Å². The molecular formula is C17H16ClN3OS. The second-order valence-corrected chi connectivity index (χ2v) is 6.84. The van der Waals surface area contributed by atoms with Gasteiger partial charge in [-0.05, 0) is 44.5 Å². The molecule has 1 aromatic heterocycles. The molecule has 2 aromatic rings. The molecule has 118 valence electrons. The van der Waals surface area contributed by atoms with E-state index < -0.39 is 5.25 Å². The van der Waals surface area contributed by atoms with E-state index in [1.54, 1.807) is 31.2 Å². The number of nitrogens with one attached hydrogen (secondary N) is 1. The number of nitrogens with zero attached hydrogens (tertiary/aromatic N) is 2. The molecule has 1 unspecified atom stereocenters. The fourth-order valence-corrected chi connectivity index (χ4v) is 3.25. The van der Waals surface area contributed by atoms with Gasteiger partial charge in [0.1, 0.15) is 11.1 Å². The highest BCUT2D eigenvalue weighted by Gasteiger charge is 2.19. The molecule has 6 heteroatoms. The summed E-state index contributed by atoms with van der Waals surface area (Å²) in [4.78, 5) is 16.7. The Morgan fingerprint density at radius 1 is 1.39 bits per heavy atom. The fourth-order valence-electron chi connectivity index (χ4n) is 2.04. The quantitative estimate of drug-likeness (QED) is 0.837. The number of thioether (sulfide) groups is 1. The molecule has 0 aliphatic carbocycles. The first-order valence-corrected chi connectivity index (χ1v) is 8.28. The van der Waals surface area contributed by atoms with Crippen LogP contribution >= 0.6 is 23.4 Å². The molecule has 1 heterocycles. The van der Waals surface area contributed by atoms with Gasteiger partial charge in [-0.2, -0.15) is 5.26 Å². The number of amides is 1. The van der Waals surface area contributed by atoms with E-state index in [2.05, 4.69) is 16.4 Å². The van der Waals surface area contributed by atoms with Gasteiger partial charge >= 0.3 is 0 Å². The number of aromatic nitrogens is 1. The van der Waals surface area contributed by atoms with Crippen molar-refractivity contribution in [2.45, 2.75) is 31.0 Å². The highest BCUT2D eigenvalue weighted by molar-refractivity contribution is 8.00. The first kappa shape index (κ1) is 17.3. The molecule has 1 atom stereocenters. The van der Waals surface area contributed by atoms with Gasteiger partial charge in [0.05, 0.1) is 21.5 Å². The molecule has 0 aliphatic heterocycles. The number of rotatable bonds is 4. The SMILES string of the molecule is Cc1cc(C)c(C#N)c(SC(C)C(=O)Nc2ccccc2Cl)n1. The standard InChI is InChI=1S/C17H16ClN3OS/c1-10-8-11(2)20-17(13(10)9-19)23-12(3)16(22)21-15-7-5-4-6-14(15)18/h4-8,12H,1-3H3,(H,21,22). The molecule has 23 heavy (non-hydrogen) atoms. The largest absolute Gasteiger partial charge is 0.324 e. The topological polar surface area (TPSA) is 65.8 Å². The monoisotopic (exact) mass is 345 g/mol. The van der Waals surface area contributed by atoms with Gasteiger partial charge in [-0.15, -0.1) is 0 Å². The average molecular weight is 346 g/mol. The van der Waals surface area contributed by atoms with Gasteiger partial charge in [-0.3, -0.25) is 4.79 Å². The molecule has 4 nitrogen and oxygen atoms in total. The zero-order valence-corrected chi connectivity index (χ0v) is 14.6. The van der Waals surface area contributed by atoms with Crippen LogP contribution in [0.15, 0.2) is 35.4 Å². The van der Waals surface area contributed by atoms with Crippen molar-refractivity contribution in [3.8, 4) is 6.07 Å². The number of carbonyl (C=O) groups is 1. The summed E-state index contributed by atoms with van der Waals surface area (Å²) in [6.07, 6.45) is 0. The summed E-state index contributed by atoms with van der Waals surface area (Å²) in [7, 11) is 0. The zero-order chi connectivity index (χ0) is 17.0. The zero-order valence-electron chi connectivity index (χ0n) is 13.1. The molecule has 2 rings (SSSR count). The van der Waals surface area contributed by atoms with E-state index in [1.807, 2.05) is 19.9 Å². The molecule has 0 saturated heterocycles. The molecule has 1 aromatic carbocycles. The Hall–Kier alpha value is -2.03. The van der Waals surface area contributed by atoms with Crippen molar-refractivity contribution in [1.82, 2.24) is 4.98 Å². The van der Waals surface area contributed by atoms with E-state index in [0.29, 0.717) is 21.3 Å². The minimum Gasteiger partial charge on any atom is -0.324 e. The first-order valence-electron chi connectivity index (χ1n) is 7.02. The van der Waals surface area contributed by atoms with Crippen molar-refractivity contribution in [2.24, 2.45) is 0 Å². The first-order chi connectivity index (χ1) is 10.9. The molecule has 0 bridgehead atoms. The van der Waals surface area contributed by atoms with Crippen LogP contribution in [-0.2, 0) is 4.79 Å². The number of carbonyl (C=O) groups excluding carboxylic acids is 1. The maximum atomic E-state index is 12.3. The van der Waals surface area contributed by atoms with Crippen molar-refractivity contribution in [2.75, 3.05) is 5.32 Å². The maximum Gasteiger partial charge on any atom is 0.237 e. The molecular weight excluding hydrogens is 330 g/mol. The fraction of sp³-hybridized carbons (Fsp3) is 0.235. The smallest absolute Gasteiger partial charge is 0.237 e. The summed E-state index contributed by atoms with van der Waals surface area (Å²) >= 11 is 7.31. The normalized spacial score (nSPS) is 11.6. The third-order valence-electron chi connectivity index (χ3n) is 3.21. The van der Waals surface area contributed by atoms with Crippen LogP contribution in [0.4, 0.5) is 5.69 Å². The molecule has 1 N–H and O–H groups in total. The van der Waals surface area contributed by atoms with Crippen LogP contribution in [0.3, 0.4) is 0 Å². The van der Waals surface area contributed by atoms with E-state index in [4.69, 9.17) is 11.6 Å². The highest BCUT2D eigenvalue weighted by atomic mass is 35.5.